The first kappa shape index (κ1) is 19.6. The second-order valence-electron chi connectivity index (χ2n) is 7.59. The Morgan fingerprint density at radius 2 is 2.06 bits per heavy atom. The molecule has 31 heavy (non-hydrogen) atoms. The maximum absolute atomic E-state index is 12.7. The van der Waals surface area contributed by atoms with Crippen molar-refractivity contribution in [1.82, 2.24) is 14.3 Å². The smallest absolute Gasteiger partial charge is 0.247 e. The number of amides is 1. The highest BCUT2D eigenvalue weighted by Gasteiger charge is 2.29. The number of nitrogens with zero attached hydrogens (tertiary/aromatic N) is 3. The van der Waals surface area contributed by atoms with Crippen molar-refractivity contribution in [2.75, 3.05) is 6.54 Å². The summed E-state index contributed by atoms with van der Waals surface area (Å²) in [5.41, 5.74) is 2.76. The van der Waals surface area contributed by atoms with Gasteiger partial charge in [-0.25, -0.2) is 4.98 Å². The SMILES string of the molecule is O=C(/C=C/c1ccc(OCc2cn3ccccc3n2)cc1)N1CCCC1c1cccs1. The van der Waals surface area contributed by atoms with Crippen LogP contribution in [0, 0.1) is 0 Å². The second-order valence-corrected chi connectivity index (χ2v) is 8.57. The molecule has 4 aromatic rings. The average molecular weight is 430 g/mol. The number of rotatable bonds is 6. The summed E-state index contributed by atoms with van der Waals surface area (Å²) in [7, 11) is 0. The third-order valence-corrected chi connectivity index (χ3v) is 6.48. The Labute approximate surface area is 185 Å². The van der Waals surface area contributed by atoms with Crippen LogP contribution in [0.3, 0.4) is 0 Å². The van der Waals surface area contributed by atoms with E-state index in [2.05, 4.69) is 22.5 Å². The minimum absolute atomic E-state index is 0.0723. The van der Waals surface area contributed by atoms with Crippen molar-refractivity contribution < 1.29 is 9.53 Å². The maximum atomic E-state index is 12.7. The molecule has 1 aliphatic heterocycles. The van der Waals surface area contributed by atoms with Gasteiger partial charge in [-0.1, -0.05) is 24.3 Å². The van der Waals surface area contributed by atoms with E-state index in [1.807, 2.05) is 70.2 Å². The lowest BCUT2D eigenvalue weighted by Gasteiger charge is -2.22. The van der Waals surface area contributed by atoms with Gasteiger partial charge in [-0.2, -0.15) is 0 Å². The highest BCUT2D eigenvalue weighted by atomic mass is 32.1. The molecule has 1 aliphatic rings. The van der Waals surface area contributed by atoms with Gasteiger partial charge in [0.25, 0.3) is 0 Å². The van der Waals surface area contributed by atoms with Crippen molar-refractivity contribution in [3.63, 3.8) is 0 Å². The van der Waals surface area contributed by atoms with E-state index in [0.29, 0.717) is 6.61 Å². The molecule has 0 bridgehead atoms. The zero-order chi connectivity index (χ0) is 21.0. The number of thiophene rings is 1. The predicted molar refractivity (Wildman–Crippen MR) is 123 cm³/mol. The molecule has 0 radical (unpaired) electrons. The van der Waals surface area contributed by atoms with Crippen molar-refractivity contribution in [2.45, 2.75) is 25.5 Å². The van der Waals surface area contributed by atoms with Gasteiger partial charge in [-0.05, 0) is 60.2 Å². The quantitative estimate of drug-likeness (QED) is 0.388. The second kappa shape index (κ2) is 8.78. The number of hydrogen-bond acceptors (Lipinski definition) is 4. The molecule has 1 atom stereocenters. The highest BCUT2D eigenvalue weighted by Crippen LogP contribution is 2.34. The van der Waals surface area contributed by atoms with Crippen molar-refractivity contribution >= 4 is 29.0 Å². The van der Waals surface area contributed by atoms with Gasteiger partial charge in [0, 0.05) is 29.9 Å². The summed E-state index contributed by atoms with van der Waals surface area (Å²) >= 11 is 1.72. The number of hydrogen-bond donors (Lipinski definition) is 0. The fraction of sp³-hybridized carbons (Fsp3) is 0.200. The molecular weight excluding hydrogens is 406 g/mol. The molecule has 1 saturated heterocycles. The molecule has 1 amide bonds. The Morgan fingerprint density at radius 3 is 2.87 bits per heavy atom. The van der Waals surface area contributed by atoms with Crippen LogP contribution in [0.15, 0.2) is 78.4 Å². The zero-order valence-electron chi connectivity index (χ0n) is 17.1. The molecular formula is C25H23N3O2S. The molecule has 0 N–H and O–H groups in total. The summed E-state index contributed by atoms with van der Waals surface area (Å²) < 4.78 is 7.84. The van der Waals surface area contributed by atoms with Gasteiger partial charge in [0.15, 0.2) is 0 Å². The lowest BCUT2D eigenvalue weighted by molar-refractivity contribution is -0.126. The number of pyridine rings is 1. The topological polar surface area (TPSA) is 46.8 Å². The third-order valence-electron chi connectivity index (χ3n) is 5.51. The fourth-order valence-electron chi connectivity index (χ4n) is 3.96. The van der Waals surface area contributed by atoms with E-state index in [1.165, 1.54) is 4.88 Å². The van der Waals surface area contributed by atoms with Crippen molar-refractivity contribution in [1.29, 1.82) is 0 Å². The van der Waals surface area contributed by atoms with E-state index in [1.54, 1.807) is 17.4 Å². The molecule has 0 saturated carbocycles. The molecule has 1 unspecified atom stereocenters. The molecule has 5 nitrogen and oxygen atoms in total. The van der Waals surface area contributed by atoms with Crippen LogP contribution in [0.1, 0.15) is 35.0 Å². The first-order valence-electron chi connectivity index (χ1n) is 10.4. The number of carbonyl (C=O) groups excluding carboxylic acids is 1. The Kier molecular flexibility index (Phi) is 5.54. The lowest BCUT2D eigenvalue weighted by Crippen LogP contribution is -2.28. The van der Waals surface area contributed by atoms with E-state index >= 15 is 0 Å². The normalized spacial score (nSPS) is 16.4. The van der Waals surface area contributed by atoms with E-state index < -0.39 is 0 Å². The van der Waals surface area contributed by atoms with E-state index in [4.69, 9.17) is 4.74 Å². The number of aromatic nitrogens is 2. The van der Waals surface area contributed by atoms with Crippen LogP contribution in [0.2, 0.25) is 0 Å². The monoisotopic (exact) mass is 429 g/mol. The van der Waals surface area contributed by atoms with Gasteiger partial charge in [-0.3, -0.25) is 4.79 Å². The van der Waals surface area contributed by atoms with Gasteiger partial charge in [0.1, 0.15) is 18.0 Å². The number of fused-ring (bicyclic) bond motifs is 1. The highest BCUT2D eigenvalue weighted by molar-refractivity contribution is 7.10. The maximum Gasteiger partial charge on any atom is 0.247 e. The number of ether oxygens (including phenoxy) is 1. The third kappa shape index (κ3) is 4.39. The largest absolute Gasteiger partial charge is 0.487 e. The Morgan fingerprint density at radius 1 is 1.16 bits per heavy atom. The molecule has 4 heterocycles. The molecule has 156 valence electrons. The molecule has 3 aromatic heterocycles. The fourth-order valence-corrected chi connectivity index (χ4v) is 4.83. The van der Waals surface area contributed by atoms with Gasteiger partial charge >= 0.3 is 0 Å². The van der Waals surface area contributed by atoms with Crippen LogP contribution < -0.4 is 4.74 Å². The summed E-state index contributed by atoms with van der Waals surface area (Å²) in [6, 6.07) is 18.1. The van der Waals surface area contributed by atoms with Crippen molar-refractivity contribution in [3.8, 4) is 5.75 Å². The summed E-state index contributed by atoms with van der Waals surface area (Å²) in [5, 5.41) is 2.07. The summed E-state index contributed by atoms with van der Waals surface area (Å²) in [6.07, 6.45) is 9.59. The first-order chi connectivity index (χ1) is 15.3. The van der Waals surface area contributed by atoms with Crippen molar-refractivity contribution in [3.05, 3.63) is 94.6 Å². The predicted octanol–water partition coefficient (Wildman–Crippen LogP) is 5.35. The summed E-state index contributed by atoms with van der Waals surface area (Å²) in [6.45, 7) is 1.23. The van der Waals surface area contributed by atoms with Crippen LogP contribution in [-0.4, -0.2) is 26.7 Å². The number of benzene rings is 1. The number of imidazole rings is 1. The van der Waals surface area contributed by atoms with Gasteiger partial charge in [0.2, 0.25) is 5.91 Å². The van der Waals surface area contributed by atoms with Crippen molar-refractivity contribution in [2.24, 2.45) is 0 Å². The van der Waals surface area contributed by atoms with E-state index in [9.17, 15) is 4.79 Å². The standard InChI is InChI=1S/C25H23N3O2S/c29-25(28-15-3-5-22(28)23-6-4-16-31-23)13-10-19-8-11-21(12-9-19)30-18-20-17-27-14-2-1-7-24(27)26-20/h1-2,4,6-14,16-17,22H,3,5,15,18H2/b13-10+. The molecule has 1 fully saturated rings. The molecule has 0 spiro atoms. The minimum atomic E-state index is 0.0723. The van der Waals surface area contributed by atoms with E-state index in [0.717, 1.165) is 42.0 Å². The molecule has 6 heteroatoms. The van der Waals surface area contributed by atoms with E-state index in [-0.39, 0.29) is 11.9 Å². The first-order valence-corrected chi connectivity index (χ1v) is 11.3. The van der Waals surface area contributed by atoms with Crippen LogP contribution in [0.4, 0.5) is 0 Å². The summed E-state index contributed by atoms with van der Waals surface area (Å²) in [5.74, 6) is 0.848. The minimum Gasteiger partial charge on any atom is -0.487 e. The van der Waals surface area contributed by atoms with Crippen LogP contribution in [0.5, 0.6) is 5.75 Å². The Balaban J connectivity index is 1.19. The molecule has 0 aliphatic carbocycles. The summed E-state index contributed by atoms with van der Waals surface area (Å²) in [4.78, 5) is 20.5. The average Bonchev–Trinajstić information content (AvgIpc) is 3.56. The molecule has 5 rings (SSSR count). The van der Waals surface area contributed by atoms with Gasteiger partial charge in [0.05, 0.1) is 11.7 Å². The van der Waals surface area contributed by atoms with Gasteiger partial charge in [-0.15, -0.1) is 11.3 Å². The zero-order valence-corrected chi connectivity index (χ0v) is 17.9. The lowest BCUT2D eigenvalue weighted by atomic mass is 10.1. The van der Waals surface area contributed by atoms with Crippen LogP contribution in [0.25, 0.3) is 11.7 Å². The Hall–Kier alpha value is -3.38. The van der Waals surface area contributed by atoms with Gasteiger partial charge < -0.3 is 14.0 Å². The number of carbonyl (C=O) groups is 1. The Bertz CT molecular complexity index is 1160. The van der Waals surface area contributed by atoms with Crippen LogP contribution >= 0.6 is 11.3 Å². The molecule has 1 aromatic carbocycles. The number of likely N-dealkylation sites (tertiary alicyclic amines) is 1. The van der Waals surface area contributed by atoms with Crippen LogP contribution in [-0.2, 0) is 11.4 Å².